The molecule has 8 heteroatoms. The topological polar surface area (TPSA) is 87.9 Å². The van der Waals surface area contributed by atoms with E-state index >= 15 is 0 Å². The van der Waals surface area contributed by atoms with E-state index in [9.17, 15) is 14.0 Å². The number of piperidine rings is 1. The van der Waals surface area contributed by atoms with Crippen molar-refractivity contribution in [2.75, 3.05) is 32.8 Å². The fourth-order valence-corrected chi connectivity index (χ4v) is 5.16. The zero-order valence-electron chi connectivity index (χ0n) is 21.0. The Morgan fingerprint density at radius 3 is 2.56 bits per heavy atom. The molecule has 0 aliphatic carbocycles. The van der Waals surface area contributed by atoms with Gasteiger partial charge in [0.15, 0.2) is 0 Å². The van der Waals surface area contributed by atoms with Crippen LogP contribution in [0.4, 0.5) is 4.39 Å². The summed E-state index contributed by atoms with van der Waals surface area (Å²) in [6, 6.07) is 13.5. The van der Waals surface area contributed by atoms with Gasteiger partial charge in [0.2, 0.25) is 5.91 Å². The quantitative estimate of drug-likeness (QED) is 0.558. The molecule has 2 heterocycles. The van der Waals surface area contributed by atoms with Gasteiger partial charge in [-0.15, -0.1) is 0 Å². The van der Waals surface area contributed by atoms with Crippen LogP contribution in [0.3, 0.4) is 0 Å². The summed E-state index contributed by atoms with van der Waals surface area (Å²) >= 11 is 0. The molecule has 3 N–H and O–H groups in total. The van der Waals surface area contributed by atoms with Crippen LogP contribution in [0.1, 0.15) is 47.2 Å². The molecule has 3 atom stereocenters. The van der Waals surface area contributed by atoms with Gasteiger partial charge in [-0.25, -0.2) is 4.39 Å². The van der Waals surface area contributed by atoms with Crippen molar-refractivity contribution in [3.8, 4) is 0 Å². The van der Waals surface area contributed by atoms with E-state index in [0.29, 0.717) is 31.6 Å². The molecule has 0 radical (unpaired) electrons. The molecular weight excluding hydrogens is 459 g/mol. The predicted molar refractivity (Wildman–Crippen MR) is 137 cm³/mol. The van der Waals surface area contributed by atoms with Gasteiger partial charge in [-0.3, -0.25) is 14.5 Å². The Morgan fingerprint density at radius 2 is 1.89 bits per heavy atom. The van der Waals surface area contributed by atoms with Crippen LogP contribution >= 0.6 is 0 Å². The number of carbonyl (C=O) groups is 2. The summed E-state index contributed by atoms with van der Waals surface area (Å²) in [5.74, 6) is -0.859. The second kappa shape index (κ2) is 12.4. The van der Waals surface area contributed by atoms with Crippen LogP contribution in [0.5, 0.6) is 0 Å². The molecule has 2 aliphatic heterocycles. The van der Waals surface area contributed by atoms with Gasteiger partial charge in [-0.2, -0.15) is 0 Å². The molecule has 0 bridgehead atoms. The van der Waals surface area contributed by atoms with Gasteiger partial charge in [-0.1, -0.05) is 29.8 Å². The van der Waals surface area contributed by atoms with E-state index in [4.69, 9.17) is 10.5 Å². The minimum absolute atomic E-state index is 0.112. The van der Waals surface area contributed by atoms with Gasteiger partial charge in [0.1, 0.15) is 11.9 Å². The Hall–Kier alpha value is -2.81. The molecule has 0 spiro atoms. The SMILES string of the molecule is Cc1ccc(CN(CC2CCCO2)C2CCN(C(=O)c3ccc(F)cc3)[C@@H](C(=O)NCCN)C2)cc1. The Labute approximate surface area is 212 Å². The molecular formula is C28H37FN4O3. The number of likely N-dealkylation sites (tertiary alicyclic amines) is 1. The van der Waals surface area contributed by atoms with Crippen molar-refractivity contribution in [1.29, 1.82) is 0 Å². The van der Waals surface area contributed by atoms with Crippen molar-refractivity contribution in [3.63, 3.8) is 0 Å². The lowest BCUT2D eigenvalue weighted by Gasteiger charge is -2.43. The smallest absolute Gasteiger partial charge is 0.254 e. The van der Waals surface area contributed by atoms with Crippen LogP contribution < -0.4 is 11.1 Å². The monoisotopic (exact) mass is 496 g/mol. The standard InChI is InChI=1S/C28H37FN4O3/c1-20-4-6-21(7-5-20)18-32(19-25-3-2-16-36-25)24-12-15-33(26(17-24)27(34)31-14-13-30)28(35)22-8-10-23(29)11-9-22/h4-11,24-26H,2-3,12-19,30H2,1H3,(H,31,34)/t24?,25?,26-/m1/s1. The fourth-order valence-electron chi connectivity index (χ4n) is 5.16. The van der Waals surface area contributed by atoms with Crippen LogP contribution in [-0.2, 0) is 16.1 Å². The highest BCUT2D eigenvalue weighted by molar-refractivity contribution is 5.97. The van der Waals surface area contributed by atoms with E-state index in [2.05, 4.69) is 41.4 Å². The number of rotatable bonds is 9. The number of amides is 2. The number of halogens is 1. The Morgan fingerprint density at radius 1 is 1.14 bits per heavy atom. The minimum atomic E-state index is -0.627. The van der Waals surface area contributed by atoms with Crippen molar-refractivity contribution in [2.45, 2.75) is 57.3 Å². The van der Waals surface area contributed by atoms with Crippen molar-refractivity contribution in [3.05, 3.63) is 71.0 Å². The number of aryl methyl sites for hydroxylation is 1. The summed E-state index contributed by atoms with van der Waals surface area (Å²) in [5, 5.41) is 2.87. The number of nitrogens with zero attached hydrogens (tertiary/aromatic N) is 2. The lowest BCUT2D eigenvalue weighted by molar-refractivity contribution is -0.127. The largest absolute Gasteiger partial charge is 0.377 e. The van der Waals surface area contributed by atoms with Crippen LogP contribution in [0.15, 0.2) is 48.5 Å². The summed E-state index contributed by atoms with van der Waals surface area (Å²) in [5.41, 5.74) is 8.43. The van der Waals surface area contributed by atoms with E-state index in [1.54, 1.807) is 4.90 Å². The maximum atomic E-state index is 13.4. The number of nitrogens with two attached hydrogens (primary N) is 1. The average Bonchev–Trinajstić information content (AvgIpc) is 3.41. The Balaban J connectivity index is 1.55. The molecule has 194 valence electrons. The zero-order valence-corrected chi connectivity index (χ0v) is 21.0. The lowest BCUT2D eigenvalue weighted by Crippen LogP contribution is -2.58. The molecule has 2 aromatic carbocycles. The number of carbonyl (C=O) groups excluding carboxylic acids is 2. The third-order valence-corrected chi connectivity index (χ3v) is 7.16. The predicted octanol–water partition coefficient (Wildman–Crippen LogP) is 2.86. The molecule has 4 rings (SSSR count). The second-order valence-electron chi connectivity index (χ2n) is 9.83. The summed E-state index contributed by atoms with van der Waals surface area (Å²) in [6.45, 7) is 5.53. The minimum Gasteiger partial charge on any atom is -0.377 e. The van der Waals surface area contributed by atoms with Gasteiger partial charge >= 0.3 is 0 Å². The normalized spacial score (nSPS) is 22.1. The third-order valence-electron chi connectivity index (χ3n) is 7.16. The first-order valence-electron chi connectivity index (χ1n) is 12.9. The number of hydrogen-bond donors (Lipinski definition) is 2. The molecule has 0 saturated carbocycles. The van der Waals surface area contributed by atoms with Crippen LogP contribution in [0.25, 0.3) is 0 Å². The third kappa shape index (κ3) is 6.69. The van der Waals surface area contributed by atoms with Crippen molar-refractivity contribution in [1.82, 2.24) is 15.1 Å². The summed E-state index contributed by atoms with van der Waals surface area (Å²) < 4.78 is 19.4. The maximum absolute atomic E-state index is 13.4. The summed E-state index contributed by atoms with van der Waals surface area (Å²) in [4.78, 5) is 30.6. The molecule has 2 fully saturated rings. The Kier molecular flexibility index (Phi) is 9.07. The van der Waals surface area contributed by atoms with Gasteiger partial charge in [0, 0.05) is 50.9 Å². The van der Waals surface area contributed by atoms with Crippen molar-refractivity contribution in [2.24, 2.45) is 5.73 Å². The number of benzene rings is 2. The fraction of sp³-hybridized carbons (Fsp3) is 0.500. The average molecular weight is 497 g/mol. The highest BCUT2D eigenvalue weighted by Gasteiger charge is 2.39. The highest BCUT2D eigenvalue weighted by Crippen LogP contribution is 2.27. The van der Waals surface area contributed by atoms with E-state index in [-0.39, 0.29) is 24.0 Å². The van der Waals surface area contributed by atoms with Crippen LogP contribution in [0.2, 0.25) is 0 Å². The summed E-state index contributed by atoms with van der Waals surface area (Å²) in [7, 11) is 0. The van der Waals surface area contributed by atoms with Gasteiger partial charge in [0.05, 0.1) is 6.10 Å². The van der Waals surface area contributed by atoms with Gasteiger partial charge in [0.25, 0.3) is 5.91 Å². The van der Waals surface area contributed by atoms with Crippen molar-refractivity contribution < 1.29 is 18.7 Å². The van der Waals surface area contributed by atoms with Crippen LogP contribution in [-0.4, -0.2) is 72.6 Å². The van der Waals surface area contributed by atoms with E-state index in [1.807, 2.05) is 0 Å². The molecule has 2 amide bonds. The molecule has 2 unspecified atom stereocenters. The first-order chi connectivity index (χ1) is 17.4. The van der Waals surface area contributed by atoms with E-state index in [1.165, 1.54) is 35.4 Å². The van der Waals surface area contributed by atoms with Crippen LogP contribution in [0, 0.1) is 12.7 Å². The molecule has 2 saturated heterocycles. The first-order valence-corrected chi connectivity index (χ1v) is 12.9. The first kappa shape index (κ1) is 26.3. The van der Waals surface area contributed by atoms with Gasteiger partial charge in [-0.05, 0) is 62.4 Å². The summed E-state index contributed by atoms with van der Waals surface area (Å²) in [6.07, 6.45) is 3.54. The molecule has 0 aromatic heterocycles. The van der Waals surface area contributed by atoms with E-state index < -0.39 is 11.9 Å². The maximum Gasteiger partial charge on any atom is 0.254 e. The molecule has 7 nitrogen and oxygen atoms in total. The second-order valence-corrected chi connectivity index (χ2v) is 9.83. The number of hydrogen-bond acceptors (Lipinski definition) is 5. The number of nitrogens with one attached hydrogen (secondary N) is 1. The van der Waals surface area contributed by atoms with Crippen molar-refractivity contribution >= 4 is 11.8 Å². The highest BCUT2D eigenvalue weighted by atomic mass is 19.1. The van der Waals surface area contributed by atoms with E-state index in [0.717, 1.165) is 39.0 Å². The molecule has 2 aliphatic rings. The molecule has 36 heavy (non-hydrogen) atoms. The molecule has 2 aromatic rings. The van der Waals surface area contributed by atoms with Gasteiger partial charge < -0.3 is 20.7 Å². The lowest BCUT2D eigenvalue weighted by atomic mass is 9.93. The Bertz CT molecular complexity index is 1010. The number of ether oxygens (including phenoxy) is 1. The zero-order chi connectivity index (χ0) is 25.5.